The molecule has 4 unspecified atom stereocenters. The van der Waals surface area contributed by atoms with Gasteiger partial charge in [-0.05, 0) is 31.9 Å². The van der Waals surface area contributed by atoms with Crippen molar-refractivity contribution in [1.82, 2.24) is 20.0 Å². The number of ether oxygens (including phenoxy) is 1. The molecule has 1 aliphatic rings. The number of aromatic nitrogens is 4. The van der Waals surface area contributed by atoms with Crippen LogP contribution in [0, 0.1) is 0 Å². The Balaban J connectivity index is 1.78. The van der Waals surface area contributed by atoms with Gasteiger partial charge in [0.2, 0.25) is 9.76 Å². The summed E-state index contributed by atoms with van der Waals surface area (Å²) in [6.07, 6.45) is -0.0425. The molecule has 1 fully saturated rings. The number of nitrogen functional groups attached to an aromatic ring is 1. The summed E-state index contributed by atoms with van der Waals surface area (Å²) >= 11 is 0. The normalized spacial score (nSPS) is 26.9. The van der Waals surface area contributed by atoms with Crippen LogP contribution >= 0.6 is 0 Å². The van der Waals surface area contributed by atoms with Crippen LogP contribution in [0.15, 0.2) is 23.3 Å². The number of nitrogens with two attached hydrogens (primary N) is 1. The minimum Gasteiger partial charge on any atom is -0.409 e. The molecule has 0 spiro atoms. The summed E-state index contributed by atoms with van der Waals surface area (Å²) in [5.74, 6) is 0. The number of nitrogens with zero attached hydrogens (tertiary/aromatic N) is 3. The van der Waals surface area contributed by atoms with Crippen LogP contribution in [0.1, 0.15) is 47.8 Å². The molecule has 1 aliphatic heterocycles. The van der Waals surface area contributed by atoms with Crippen molar-refractivity contribution >= 4 is 37.1 Å². The molecule has 11 heteroatoms. The Hall–Kier alpha value is -2.31. The molecule has 0 bridgehead atoms. The molecule has 0 amide bonds. The molecule has 4 rings (SSSR count). The number of H-pyrrole nitrogens is 1. The van der Waals surface area contributed by atoms with Crippen LogP contribution in [0.2, 0.25) is 5.04 Å². The van der Waals surface area contributed by atoms with Crippen LogP contribution in [0.25, 0.3) is 21.7 Å². The van der Waals surface area contributed by atoms with Gasteiger partial charge in [-0.3, -0.25) is 4.79 Å². The quantitative estimate of drug-likeness (QED) is 0.429. The largest absolute Gasteiger partial charge is 0.409 e. The van der Waals surface area contributed by atoms with Crippen molar-refractivity contribution < 1.29 is 19.4 Å². The van der Waals surface area contributed by atoms with Crippen molar-refractivity contribution in [3.05, 3.63) is 28.8 Å². The lowest BCUT2D eigenvalue weighted by Crippen LogP contribution is -2.51. The fourth-order valence-electron chi connectivity index (χ4n) is 3.97. The fraction of sp³-hybridized carbons (Fsp3) is 0.571. The summed E-state index contributed by atoms with van der Waals surface area (Å²) < 4.78 is 13.7. The van der Waals surface area contributed by atoms with Crippen molar-refractivity contribution in [2.24, 2.45) is 0 Å². The number of aromatic amines is 1. The lowest BCUT2D eigenvalue weighted by molar-refractivity contribution is -0.121. The second kappa shape index (κ2) is 7.35. The first-order valence-electron chi connectivity index (χ1n) is 10.4. The van der Waals surface area contributed by atoms with Crippen molar-refractivity contribution in [3.63, 3.8) is 0 Å². The summed E-state index contributed by atoms with van der Waals surface area (Å²) in [6, 6.07) is 1.57. The number of aliphatic hydroxyl groups is 2. The fourth-order valence-corrected chi connectivity index (χ4v) is 4.65. The second-order valence-electron chi connectivity index (χ2n) is 10.1. The Kier molecular flexibility index (Phi) is 5.25. The first-order valence-corrected chi connectivity index (χ1v) is 11.3. The number of aliphatic hydroxyl groups excluding tert-OH is 1. The van der Waals surface area contributed by atoms with E-state index in [0.29, 0.717) is 27.4 Å². The smallest absolute Gasteiger partial charge is 0.272 e. The number of anilines is 1. The van der Waals surface area contributed by atoms with Gasteiger partial charge in [-0.25, -0.2) is 9.78 Å². The molecule has 0 aliphatic carbocycles. The van der Waals surface area contributed by atoms with Gasteiger partial charge in [-0.15, -0.1) is 0 Å². The molecule has 32 heavy (non-hydrogen) atoms. The lowest BCUT2D eigenvalue weighted by Gasteiger charge is -2.35. The zero-order chi connectivity index (χ0) is 23.6. The maximum absolute atomic E-state index is 12.3. The molecule has 3 heterocycles. The summed E-state index contributed by atoms with van der Waals surface area (Å²) in [4.78, 5) is 12.3. The Labute approximate surface area is 187 Å². The number of hydrogen-bond acceptors (Lipinski definition) is 8. The molecule has 4 atom stereocenters. The first-order chi connectivity index (χ1) is 14.7. The molecule has 2 radical (unpaired) electrons. The maximum Gasteiger partial charge on any atom is 0.272 e. The standard InChI is InChI=1S/C21H29N5O5Si/c1-19(2,3)32-31-20(4,5)16-15(27)21(6,29)18(30-16)26-9-11-12(22)7-10-14(11)13(25-26)8-23-24-17(10)28/h7-9,15-16,18,27,29H,22H2,1-6H3,(H,24,28). The third-order valence-corrected chi connectivity index (χ3v) is 6.94. The molecule has 5 N–H and O–H groups in total. The van der Waals surface area contributed by atoms with Gasteiger partial charge in [-0.2, -0.15) is 10.2 Å². The number of rotatable bonds is 4. The first kappa shape index (κ1) is 22.9. The Morgan fingerprint density at radius 1 is 1.31 bits per heavy atom. The van der Waals surface area contributed by atoms with E-state index in [-0.39, 0.29) is 20.4 Å². The highest BCUT2D eigenvalue weighted by Crippen LogP contribution is 2.43. The van der Waals surface area contributed by atoms with Crippen molar-refractivity contribution in [2.75, 3.05) is 5.73 Å². The molecule has 1 aromatic carbocycles. The van der Waals surface area contributed by atoms with E-state index in [2.05, 4.69) is 36.1 Å². The Morgan fingerprint density at radius 2 is 2.00 bits per heavy atom. The molecule has 3 aromatic rings. The third kappa shape index (κ3) is 3.73. The van der Waals surface area contributed by atoms with E-state index < -0.39 is 29.6 Å². The number of nitrogens with one attached hydrogen (secondary N) is 1. The van der Waals surface area contributed by atoms with Crippen LogP contribution in [-0.4, -0.2) is 63.4 Å². The zero-order valence-electron chi connectivity index (χ0n) is 19.0. The van der Waals surface area contributed by atoms with E-state index in [1.807, 2.05) is 13.8 Å². The molecule has 2 aromatic heterocycles. The Morgan fingerprint density at radius 3 is 2.66 bits per heavy atom. The molecule has 1 saturated heterocycles. The van der Waals surface area contributed by atoms with Crippen LogP contribution < -0.4 is 11.3 Å². The van der Waals surface area contributed by atoms with Gasteiger partial charge < -0.3 is 25.1 Å². The number of hydrogen-bond donors (Lipinski definition) is 4. The average Bonchev–Trinajstić information content (AvgIpc) is 3.08. The van der Waals surface area contributed by atoms with Crippen LogP contribution in [0.3, 0.4) is 0 Å². The molecule has 0 saturated carbocycles. The van der Waals surface area contributed by atoms with E-state index in [4.69, 9.17) is 14.9 Å². The molecular formula is C21H29N5O5Si. The van der Waals surface area contributed by atoms with Crippen molar-refractivity contribution in [3.8, 4) is 0 Å². The second-order valence-corrected chi connectivity index (χ2v) is 12.0. The average molecular weight is 460 g/mol. The van der Waals surface area contributed by atoms with E-state index in [0.717, 1.165) is 0 Å². The minimum absolute atomic E-state index is 0.0525. The highest BCUT2D eigenvalue weighted by atomic mass is 28.2. The van der Waals surface area contributed by atoms with E-state index in [1.165, 1.54) is 17.8 Å². The van der Waals surface area contributed by atoms with E-state index in [1.54, 1.807) is 12.3 Å². The SMILES string of the molecule is CC(C)(C)[Si]OC(C)(C)C1OC(n2cc3c(N)cc4c(=O)[nH]ncc(n2)c34)C(C)(O)C1O. The van der Waals surface area contributed by atoms with Crippen LogP contribution in [0.4, 0.5) is 5.69 Å². The predicted octanol–water partition coefficient (Wildman–Crippen LogP) is 1.50. The summed E-state index contributed by atoms with van der Waals surface area (Å²) in [6.45, 7) is 11.4. The van der Waals surface area contributed by atoms with Gasteiger partial charge in [0.05, 0.1) is 17.2 Å². The van der Waals surface area contributed by atoms with E-state index >= 15 is 0 Å². The van der Waals surface area contributed by atoms with Crippen LogP contribution in [0.5, 0.6) is 0 Å². The van der Waals surface area contributed by atoms with Crippen LogP contribution in [-0.2, 0) is 9.16 Å². The van der Waals surface area contributed by atoms with Gasteiger partial charge in [0.1, 0.15) is 23.3 Å². The zero-order valence-corrected chi connectivity index (χ0v) is 20.0. The van der Waals surface area contributed by atoms with Gasteiger partial charge in [0, 0.05) is 22.7 Å². The van der Waals surface area contributed by atoms with Crippen molar-refractivity contribution in [1.29, 1.82) is 0 Å². The third-order valence-electron chi connectivity index (χ3n) is 5.69. The minimum atomic E-state index is -1.67. The highest BCUT2D eigenvalue weighted by molar-refractivity contribution is 6.31. The predicted molar refractivity (Wildman–Crippen MR) is 121 cm³/mol. The topological polar surface area (TPSA) is 149 Å². The summed E-state index contributed by atoms with van der Waals surface area (Å²) in [5, 5.41) is 34.6. The van der Waals surface area contributed by atoms with Gasteiger partial charge >= 0.3 is 0 Å². The molecule has 172 valence electrons. The van der Waals surface area contributed by atoms with Gasteiger partial charge in [0.15, 0.2) is 6.23 Å². The maximum atomic E-state index is 12.3. The van der Waals surface area contributed by atoms with E-state index in [9.17, 15) is 15.0 Å². The molecular weight excluding hydrogens is 430 g/mol. The molecule has 10 nitrogen and oxygen atoms in total. The van der Waals surface area contributed by atoms with Crippen molar-refractivity contribution in [2.45, 2.75) is 76.2 Å². The Bertz CT molecular complexity index is 1230. The summed E-state index contributed by atoms with van der Waals surface area (Å²) in [5.41, 5.74) is 4.04. The monoisotopic (exact) mass is 459 g/mol. The highest BCUT2D eigenvalue weighted by Gasteiger charge is 2.58. The lowest BCUT2D eigenvalue weighted by atomic mass is 9.89. The van der Waals surface area contributed by atoms with Gasteiger partial charge in [0.25, 0.3) is 5.56 Å². The van der Waals surface area contributed by atoms with Gasteiger partial charge in [-0.1, -0.05) is 20.8 Å². The summed E-state index contributed by atoms with van der Waals surface area (Å²) in [7, 11) is 0.172.